The van der Waals surface area contributed by atoms with E-state index in [-0.39, 0.29) is 19.3 Å². The van der Waals surface area contributed by atoms with Crippen LogP contribution in [0.1, 0.15) is 39.5 Å². The highest BCUT2D eigenvalue weighted by atomic mass is 16.6. The molecule has 15 heavy (non-hydrogen) atoms. The van der Waals surface area contributed by atoms with Gasteiger partial charge in [0.15, 0.2) is 0 Å². The molecule has 1 aliphatic carbocycles. The van der Waals surface area contributed by atoms with Gasteiger partial charge in [0.1, 0.15) is 6.61 Å². The van der Waals surface area contributed by atoms with Crippen LogP contribution in [0.2, 0.25) is 0 Å². The van der Waals surface area contributed by atoms with Gasteiger partial charge < -0.3 is 15.2 Å². The Balaban J connectivity index is 2.28. The van der Waals surface area contributed by atoms with Crippen molar-refractivity contribution in [3.8, 4) is 0 Å². The first-order valence-corrected chi connectivity index (χ1v) is 5.58. The van der Waals surface area contributed by atoms with Gasteiger partial charge in [-0.05, 0) is 24.7 Å². The average Bonchev–Trinajstić information content (AvgIpc) is 2.13. The molecular formula is C11H21NO3. The molecule has 0 radical (unpaired) electrons. The number of ether oxygens (including phenoxy) is 1. The summed E-state index contributed by atoms with van der Waals surface area (Å²) >= 11 is 0. The lowest BCUT2D eigenvalue weighted by molar-refractivity contribution is 0.108. The normalized spacial score (nSPS) is 24.6. The van der Waals surface area contributed by atoms with Crippen LogP contribution in [-0.2, 0) is 4.74 Å². The SMILES string of the molecule is CC1(C)CCCC(NC(=O)OCCO)C1. The van der Waals surface area contributed by atoms with Crippen LogP contribution in [-0.4, -0.2) is 30.5 Å². The first-order chi connectivity index (χ1) is 7.03. The second-order valence-electron chi connectivity index (χ2n) is 4.96. The predicted octanol–water partition coefficient (Wildman–Crippen LogP) is 1.67. The molecule has 0 bridgehead atoms. The molecule has 0 spiro atoms. The summed E-state index contributed by atoms with van der Waals surface area (Å²) in [4.78, 5) is 11.2. The predicted molar refractivity (Wildman–Crippen MR) is 57.6 cm³/mol. The van der Waals surface area contributed by atoms with E-state index in [0.717, 1.165) is 19.3 Å². The molecule has 2 N–H and O–H groups in total. The third-order valence-electron chi connectivity index (χ3n) is 2.85. The van der Waals surface area contributed by atoms with Crippen LogP contribution in [0.15, 0.2) is 0 Å². The standard InChI is InChI=1S/C11H21NO3/c1-11(2)5-3-4-9(8-11)12-10(14)15-7-6-13/h9,13H,3-8H2,1-2H3,(H,12,14). The smallest absolute Gasteiger partial charge is 0.407 e. The topological polar surface area (TPSA) is 58.6 Å². The van der Waals surface area contributed by atoms with Crippen molar-refractivity contribution in [2.24, 2.45) is 5.41 Å². The highest BCUT2D eigenvalue weighted by Gasteiger charge is 2.28. The van der Waals surface area contributed by atoms with Crippen molar-refractivity contribution < 1.29 is 14.6 Å². The zero-order valence-corrected chi connectivity index (χ0v) is 9.58. The number of aliphatic hydroxyl groups excluding tert-OH is 1. The number of hydrogen-bond acceptors (Lipinski definition) is 3. The van der Waals surface area contributed by atoms with Gasteiger partial charge in [-0.2, -0.15) is 0 Å². The number of carbonyl (C=O) groups is 1. The molecule has 0 aromatic rings. The summed E-state index contributed by atoms with van der Waals surface area (Å²) in [5.41, 5.74) is 0.313. The van der Waals surface area contributed by atoms with Crippen molar-refractivity contribution in [1.82, 2.24) is 5.32 Å². The molecule has 1 fully saturated rings. The Bertz CT molecular complexity index is 216. The van der Waals surface area contributed by atoms with Gasteiger partial charge in [-0.15, -0.1) is 0 Å². The fraction of sp³-hybridized carbons (Fsp3) is 0.909. The number of carbonyl (C=O) groups excluding carboxylic acids is 1. The monoisotopic (exact) mass is 215 g/mol. The van der Waals surface area contributed by atoms with Crippen LogP contribution in [0, 0.1) is 5.41 Å². The van der Waals surface area contributed by atoms with Crippen LogP contribution in [0.25, 0.3) is 0 Å². The minimum atomic E-state index is -0.410. The summed E-state index contributed by atoms with van der Waals surface area (Å²) in [6.07, 6.45) is 3.99. The first-order valence-electron chi connectivity index (χ1n) is 5.58. The van der Waals surface area contributed by atoms with Gasteiger partial charge in [-0.1, -0.05) is 20.3 Å². The summed E-state index contributed by atoms with van der Waals surface area (Å²) in [7, 11) is 0. The lowest BCUT2D eigenvalue weighted by Gasteiger charge is -2.35. The van der Waals surface area contributed by atoms with E-state index in [1.54, 1.807) is 0 Å². The van der Waals surface area contributed by atoms with Crippen molar-refractivity contribution in [1.29, 1.82) is 0 Å². The molecule has 1 rings (SSSR count). The highest BCUT2D eigenvalue weighted by Crippen LogP contribution is 2.34. The van der Waals surface area contributed by atoms with Gasteiger partial charge >= 0.3 is 6.09 Å². The van der Waals surface area contributed by atoms with Crippen LogP contribution in [0.5, 0.6) is 0 Å². The molecule has 1 atom stereocenters. The molecule has 0 heterocycles. The molecule has 4 heteroatoms. The molecule has 1 unspecified atom stereocenters. The van der Waals surface area contributed by atoms with E-state index in [9.17, 15) is 4.79 Å². The van der Waals surface area contributed by atoms with Gasteiger partial charge in [0.05, 0.1) is 6.61 Å². The zero-order chi connectivity index (χ0) is 11.3. The average molecular weight is 215 g/mol. The summed E-state index contributed by atoms with van der Waals surface area (Å²) in [6, 6.07) is 0.222. The maximum Gasteiger partial charge on any atom is 0.407 e. The minimum Gasteiger partial charge on any atom is -0.447 e. The van der Waals surface area contributed by atoms with Crippen molar-refractivity contribution in [3.63, 3.8) is 0 Å². The number of nitrogens with one attached hydrogen (secondary N) is 1. The first kappa shape index (κ1) is 12.3. The van der Waals surface area contributed by atoms with Gasteiger partial charge in [-0.3, -0.25) is 0 Å². The van der Waals surface area contributed by atoms with E-state index in [1.807, 2.05) is 0 Å². The Morgan fingerprint density at radius 1 is 1.60 bits per heavy atom. The van der Waals surface area contributed by atoms with E-state index >= 15 is 0 Å². The highest BCUT2D eigenvalue weighted by molar-refractivity contribution is 5.67. The van der Waals surface area contributed by atoms with Crippen molar-refractivity contribution in [2.45, 2.75) is 45.6 Å². The van der Waals surface area contributed by atoms with Gasteiger partial charge in [0.25, 0.3) is 0 Å². The number of amides is 1. The Morgan fingerprint density at radius 2 is 2.33 bits per heavy atom. The fourth-order valence-corrected chi connectivity index (χ4v) is 2.17. The Morgan fingerprint density at radius 3 is 2.93 bits per heavy atom. The Hall–Kier alpha value is -0.770. The lowest BCUT2D eigenvalue weighted by Crippen LogP contribution is -2.41. The molecule has 1 amide bonds. The molecule has 4 nitrogen and oxygen atoms in total. The lowest BCUT2D eigenvalue weighted by atomic mass is 9.75. The number of aliphatic hydroxyl groups is 1. The van der Waals surface area contributed by atoms with E-state index in [4.69, 9.17) is 9.84 Å². The van der Waals surface area contributed by atoms with Crippen LogP contribution in [0.3, 0.4) is 0 Å². The van der Waals surface area contributed by atoms with Crippen molar-refractivity contribution >= 4 is 6.09 Å². The summed E-state index contributed by atoms with van der Waals surface area (Å²) in [6.45, 7) is 4.39. The third-order valence-corrected chi connectivity index (χ3v) is 2.85. The van der Waals surface area contributed by atoms with Gasteiger partial charge in [-0.25, -0.2) is 4.79 Å². The van der Waals surface area contributed by atoms with Crippen LogP contribution >= 0.6 is 0 Å². The second-order valence-corrected chi connectivity index (χ2v) is 4.96. The summed E-state index contributed by atoms with van der Waals surface area (Å²) in [5.74, 6) is 0. The number of hydrogen-bond donors (Lipinski definition) is 2. The van der Waals surface area contributed by atoms with Gasteiger partial charge in [0.2, 0.25) is 0 Å². The number of rotatable bonds is 3. The van der Waals surface area contributed by atoms with Crippen molar-refractivity contribution in [2.75, 3.05) is 13.2 Å². The number of alkyl carbamates (subject to hydrolysis) is 1. The van der Waals surface area contributed by atoms with E-state index in [2.05, 4.69) is 19.2 Å². The molecule has 1 aliphatic rings. The van der Waals surface area contributed by atoms with E-state index in [0.29, 0.717) is 5.41 Å². The van der Waals surface area contributed by atoms with Crippen molar-refractivity contribution in [3.05, 3.63) is 0 Å². The fourth-order valence-electron chi connectivity index (χ4n) is 2.17. The Kier molecular flexibility index (Phi) is 4.39. The molecule has 1 saturated carbocycles. The maximum atomic E-state index is 11.2. The molecule has 0 aliphatic heterocycles. The van der Waals surface area contributed by atoms with E-state index < -0.39 is 6.09 Å². The largest absolute Gasteiger partial charge is 0.447 e. The summed E-state index contributed by atoms with van der Waals surface area (Å²) in [5, 5.41) is 11.3. The van der Waals surface area contributed by atoms with Crippen LogP contribution < -0.4 is 5.32 Å². The quantitative estimate of drug-likeness (QED) is 0.753. The second kappa shape index (κ2) is 5.35. The molecule has 0 aromatic heterocycles. The molecule has 88 valence electrons. The van der Waals surface area contributed by atoms with Crippen LogP contribution in [0.4, 0.5) is 4.79 Å². The summed E-state index contributed by atoms with van der Waals surface area (Å²) < 4.78 is 4.76. The zero-order valence-electron chi connectivity index (χ0n) is 9.58. The molecule has 0 saturated heterocycles. The maximum absolute atomic E-state index is 11.2. The molecular weight excluding hydrogens is 194 g/mol. The molecule has 0 aromatic carbocycles. The Labute approximate surface area is 91.0 Å². The van der Waals surface area contributed by atoms with E-state index in [1.165, 1.54) is 6.42 Å². The third kappa shape index (κ3) is 4.51. The van der Waals surface area contributed by atoms with Gasteiger partial charge in [0, 0.05) is 6.04 Å². The minimum absolute atomic E-state index is 0.0714.